The summed E-state index contributed by atoms with van der Waals surface area (Å²) in [6.07, 6.45) is -2.19. The number of benzene rings is 3. The van der Waals surface area contributed by atoms with E-state index in [2.05, 4.69) is 10.3 Å². The van der Waals surface area contributed by atoms with E-state index in [1.54, 1.807) is 41.3 Å². The molecule has 3 aromatic carbocycles. The standard InChI is InChI=1S/C33H34ClN3O6.Ac/c1-18-7-5-9-22(19(18)2)30-23-14-21(34)11-12-26(23)37(16-33(3,4)17-38)31(40)27(43-30)15-28(39)35-24-10-6-8-20-13-25(32(41)42)36-29(20)24;/h5-14,27,30,36,38H,15-17H2,1-4H3,(H,35,39)(H,41,42);/t27-,30-;/m1./s1. The Labute approximate surface area is 296 Å². The van der Waals surface area contributed by atoms with Gasteiger partial charge >= 0.3 is 5.97 Å². The predicted octanol–water partition coefficient (Wildman–Crippen LogP) is 6.00. The van der Waals surface area contributed by atoms with Gasteiger partial charge in [-0.05, 0) is 60.9 Å². The van der Waals surface area contributed by atoms with Crippen molar-refractivity contribution in [2.24, 2.45) is 5.41 Å². The molecule has 0 saturated heterocycles. The van der Waals surface area contributed by atoms with Gasteiger partial charge in [0, 0.05) is 84.3 Å². The molecule has 11 heteroatoms. The zero-order valence-electron chi connectivity index (χ0n) is 25.0. The maximum Gasteiger partial charge on any atom is 0.352 e. The third kappa shape index (κ3) is 7.05. The third-order valence-electron chi connectivity index (χ3n) is 7.88. The summed E-state index contributed by atoms with van der Waals surface area (Å²) in [5, 5.41) is 23.4. The summed E-state index contributed by atoms with van der Waals surface area (Å²) in [7, 11) is 0. The fourth-order valence-electron chi connectivity index (χ4n) is 5.39. The van der Waals surface area contributed by atoms with Gasteiger partial charge in [0.1, 0.15) is 17.9 Å². The topological polar surface area (TPSA) is 132 Å². The molecule has 9 nitrogen and oxygen atoms in total. The maximum atomic E-state index is 14.2. The Hall–Kier alpha value is -2.74. The molecule has 0 aliphatic carbocycles. The zero-order chi connectivity index (χ0) is 31.1. The summed E-state index contributed by atoms with van der Waals surface area (Å²) >= 11 is 6.48. The van der Waals surface area contributed by atoms with Gasteiger partial charge in [0.15, 0.2) is 0 Å². The Morgan fingerprint density at radius 2 is 1.80 bits per heavy atom. The van der Waals surface area contributed by atoms with Gasteiger partial charge in [-0.3, -0.25) is 9.59 Å². The van der Waals surface area contributed by atoms with E-state index in [4.69, 9.17) is 16.3 Å². The molecule has 1 aromatic heterocycles. The van der Waals surface area contributed by atoms with Crippen molar-refractivity contribution >= 4 is 51.7 Å². The van der Waals surface area contributed by atoms with Crippen LogP contribution >= 0.6 is 11.6 Å². The molecule has 0 saturated carbocycles. The number of nitrogens with zero attached hydrogens (tertiary/aromatic N) is 1. The van der Waals surface area contributed by atoms with Gasteiger partial charge in [0.05, 0.1) is 17.6 Å². The van der Waals surface area contributed by atoms with E-state index in [1.165, 1.54) is 6.07 Å². The number of carbonyl (C=O) groups excluding carboxylic acids is 2. The van der Waals surface area contributed by atoms with Crippen LogP contribution in [0.4, 0.5) is 11.4 Å². The SMILES string of the molecule is Cc1cccc([C@H]2O[C@H](CC(=O)Nc3cccc4cc(C(=O)O)[nH]c34)C(=O)N(CC(C)(C)CO)c3ccc(Cl)cc32)c1C.[Ac]. The molecule has 0 bridgehead atoms. The van der Waals surface area contributed by atoms with E-state index in [-0.39, 0.29) is 69.3 Å². The molecule has 4 N–H and O–H groups in total. The van der Waals surface area contributed by atoms with Crippen molar-refractivity contribution in [1.29, 1.82) is 0 Å². The fourth-order valence-corrected chi connectivity index (χ4v) is 5.57. The average Bonchev–Trinajstić information content (AvgIpc) is 3.38. The van der Waals surface area contributed by atoms with E-state index in [0.717, 1.165) is 16.7 Å². The smallest absolute Gasteiger partial charge is 0.352 e. The van der Waals surface area contributed by atoms with Gasteiger partial charge in [-0.1, -0.05) is 55.8 Å². The first-order valence-electron chi connectivity index (χ1n) is 14.0. The number of aromatic carboxylic acids is 1. The van der Waals surface area contributed by atoms with Crippen molar-refractivity contribution in [1.82, 2.24) is 4.98 Å². The zero-order valence-corrected chi connectivity index (χ0v) is 30.5. The van der Waals surface area contributed by atoms with Crippen LogP contribution in [0.5, 0.6) is 0 Å². The number of halogens is 1. The molecular formula is C33H34AcClN3O6. The molecule has 5 rings (SSSR count). The van der Waals surface area contributed by atoms with Crippen molar-refractivity contribution in [3.05, 3.63) is 93.6 Å². The molecule has 1 aliphatic rings. The number of fused-ring (bicyclic) bond motifs is 2. The Bertz CT molecular complexity index is 1740. The number of ether oxygens (including phenoxy) is 1. The summed E-state index contributed by atoms with van der Waals surface area (Å²) in [4.78, 5) is 43.6. The van der Waals surface area contributed by atoms with Crippen LogP contribution in [-0.2, 0) is 14.3 Å². The van der Waals surface area contributed by atoms with Crippen molar-refractivity contribution in [2.75, 3.05) is 23.4 Å². The molecule has 4 aromatic rings. The van der Waals surface area contributed by atoms with Crippen molar-refractivity contribution in [2.45, 2.75) is 46.3 Å². The summed E-state index contributed by atoms with van der Waals surface area (Å²) in [6.45, 7) is 7.71. The number of rotatable bonds is 8. The number of carbonyl (C=O) groups is 3. The number of hydrogen-bond donors (Lipinski definition) is 4. The van der Waals surface area contributed by atoms with Crippen LogP contribution in [0, 0.1) is 63.3 Å². The summed E-state index contributed by atoms with van der Waals surface area (Å²) in [5.41, 5.74) is 4.36. The van der Waals surface area contributed by atoms with Crippen molar-refractivity contribution in [3.63, 3.8) is 0 Å². The van der Waals surface area contributed by atoms with Crippen molar-refractivity contribution < 1.29 is 73.4 Å². The Balaban J connectivity index is 0.00000442. The number of aromatic nitrogens is 1. The monoisotopic (exact) mass is 830 g/mol. The molecule has 0 unspecified atom stereocenters. The second kappa shape index (κ2) is 13.7. The number of anilines is 2. The molecule has 2 heterocycles. The van der Waals surface area contributed by atoms with Crippen LogP contribution < -0.4 is 10.2 Å². The quantitative estimate of drug-likeness (QED) is 0.172. The minimum atomic E-state index is -1.18. The van der Waals surface area contributed by atoms with E-state index in [0.29, 0.717) is 32.9 Å². The summed E-state index contributed by atoms with van der Waals surface area (Å²) < 4.78 is 6.58. The number of aliphatic hydroxyl groups is 1. The van der Waals surface area contributed by atoms with E-state index >= 15 is 0 Å². The van der Waals surface area contributed by atoms with E-state index < -0.39 is 35.4 Å². The molecule has 44 heavy (non-hydrogen) atoms. The minimum Gasteiger partial charge on any atom is -0.477 e. The van der Waals surface area contributed by atoms with Crippen LogP contribution in [0.15, 0.2) is 60.7 Å². The number of carboxylic acid groups (broad SMARTS) is 1. The second-order valence-corrected chi connectivity index (χ2v) is 12.2. The summed E-state index contributed by atoms with van der Waals surface area (Å²) in [6, 6.07) is 17.7. The minimum absolute atomic E-state index is 0. The van der Waals surface area contributed by atoms with Gasteiger partial charge in [-0.2, -0.15) is 0 Å². The van der Waals surface area contributed by atoms with Crippen LogP contribution in [0.3, 0.4) is 0 Å². The first kappa shape index (κ1) is 34.1. The van der Waals surface area contributed by atoms with Crippen LogP contribution in [0.2, 0.25) is 5.02 Å². The normalized spacial score (nSPS) is 16.7. The third-order valence-corrected chi connectivity index (χ3v) is 8.11. The number of carboxylic acids is 1. The van der Waals surface area contributed by atoms with Gasteiger partial charge in [0.2, 0.25) is 5.91 Å². The molecule has 1 radical (unpaired) electrons. The van der Waals surface area contributed by atoms with Gasteiger partial charge in [-0.15, -0.1) is 0 Å². The van der Waals surface area contributed by atoms with Gasteiger partial charge in [-0.25, -0.2) is 4.79 Å². The van der Waals surface area contributed by atoms with Crippen molar-refractivity contribution in [3.8, 4) is 0 Å². The largest absolute Gasteiger partial charge is 0.477 e. The first-order valence-corrected chi connectivity index (χ1v) is 14.3. The molecule has 227 valence electrons. The molecule has 1 aliphatic heterocycles. The predicted molar refractivity (Wildman–Crippen MR) is 166 cm³/mol. The number of nitrogens with one attached hydrogen (secondary N) is 2. The number of aryl methyl sites for hydroxylation is 1. The number of aliphatic hydroxyl groups excluding tert-OH is 1. The summed E-state index contributed by atoms with van der Waals surface area (Å²) in [5.74, 6) is -2.02. The van der Waals surface area contributed by atoms with Crippen LogP contribution in [0.25, 0.3) is 10.9 Å². The second-order valence-electron chi connectivity index (χ2n) is 11.8. The Morgan fingerprint density at radius 1 is 1.07 bits per heavy atom. The molecular weight excluding hydrogens is 797 g/mol. The number of aromatic amines is 1. The number of para-hydroxylation sites is 1. The molecule has 2 amide bonds. The van der Waals surface area contributed by atoms with E-state index in [9.17, 15) is 24.6 Å². The number of H-pyrrole nitrogens is 1. The van der Waals surface area contributed by atoms with Crippen LogP contribution in [0.1, 0.15) is 59.1 Å². The Kier molecular flexibility index (Phi) is 10.6. The molecule has 0 spiro atoms. The number of hydrogen-bond acceptors (Lipinski definition) is 5. The molecule has 2 atom stereocenters. The average molecular weight is 831 g/mol. The van der Waals surface area contributed by atoms with E-state index in [1.807, 2.05) is 45.9 Å². The fraction of sp³-hybridized carbons (Fsp3) is 0.303. The Morgan fingerprint density at radius 3 is 2.50 bits per heavy atom. The molecule has 0 fully saturated rings. The van der Waals surface area contributed by atoms with Gasteiger partial charge < -0.3 is 30.2 Å². The van der Waals surface area contributed by atoms with Gasteiger partial charge in [0.25, 0.3) is 5.91 Å². The van der Waals surface area contributed by atoms with Crippen LogP contribution in [-0.4, -0.2) is 52.2 Å². The first-order chi connectivity index (χ1) is 20.4. The number of amides is 2. The maximum absolute atomic E-state index is 14.2.